The first kappa shape index (κ1) is 12.1. The Morgan fingerprint density at radius 2 is 2.44 bits per heavy atom. The normalized spacial score (nSPS) is 20.8. The van der Waals surface area contributed by atoms with Crippen molar-refractivity contribution in [3.63, 3.8) is 0 Å². The monoisotopic (exact) mass is 304 g/mol. The summed E-state index contributed by atoms with van der Waals surface area (Å²) in [6.07, 6.45) is 5.37. The number of nitrogens with zero attached hydrogens (tertiary/aromatic N) is 1. The van der Waals surface area contributed by atoms with E-state index in [0.717, 1.165) is 17.4 Å². The SMILES string of the molecule is Clc1cc(Br)cnc1OCC1CCCCN1. The highest BCUT2D eigenvalue weighted by molar-refractivity contribution is 9.10. The molecule has 0 aromatic carbocycles. The number of rotatable bonds is 3. The molecule has 5 heteroatoms. The van der Waals surface area contributed by atoms with Crippen molar-refractivity contribution in [1.29, 1.82) is 0 Å². The summed E-state index contributed by atoms with van der Waals surface area (Å²) in [6.45, 7) is 1.71. The van der Waals surface area contributed by atoms with E-state index in [0.29, 0.717) is 23.6 Å². The third-order valence-corrected chi connectivity index (χ3v) is 3.31. The molecule has 16 heavy (non-hydrogen) atoms. The molecule has 2 rings (SSSR count). The molecule has 88 valence electrons. The van der Waals surface area contributed by atoms with E-state index in [1.165, 1.54) is 12.8 Å². The second-order valence-corrected chi connectivity index (χ2v) is 5.22. The number of aromatic nitrogens is 1. The molecule has 0 spiro atoms. The Bertz CT molecular complexity index is 356. The smallest absolute Gasteiger partial charge is 0.232 e. The number of nitrogens with one attached hydrogen (secondary N) is 1. The molecule has 1 atom stereocenters. The molecule has 1 N–H and O–H groups in total. The van der Waals surface area contributed by atoms with Crippen molar-refractivity contribution >= 4 is 27.5 Å². The molecule has 3 nitrogen and oxygen atoms in total. The molecular formula is C11H14BrClN2O. The highest BCUT2D eigenvalue weighted by atomic mass is 79.9. The number of pyridine rings is 1. The van der Waals surface area contributed by atoms with Crippen molar-refractivity contribution in [2.45, 2.75) is 25.3 Å². The lowest BCUT2D eigenvalue weighted by Gasteiger charge is -2.23. The van der Waals surface area contributed by atoms with E-state index in [4.69, 9.17) is 16.3 Å². The maximum atomic E-state index is 6.01. The highest BCUT2D eigenvalue weighted by Gasteiger charge is 2.14. The molecule has 1 aliphatic heterocycles. The van der Waals surface area contributed by atoms with Crippen LogP contribution in [0.5, 0.6) is 5.88 Å². The number of hydrogen-bond donors (Lipinski definition) is 1. The molecule has 0 saturated carbocycles. The van der Waals surface area contributed by atoms with Gasteiger partial charge in [0.2, 0.25) is 5.88 Å². The third-order valence-electron chi connectivity index (χ3n) is 2.61. The quantitative estimate of drug-likeness (QED) is 0.932. The van der Waals surface area contributed by atoms with E-state index in [-0.39, 0.29) is 0 Å². The average Bonchev–Trinajstić information content (AvgIpc) is 2.29. The summed E-state index contributed by atoms with van der Waals surface area (Å²) in [4.78, 5) is 4.13. The zero-order valence-electron chi connectivity index (χ0n) is 8.88. The first-order valence-electron chi connectivity index (χ1n) is 5.43. The number of ether oxygens (including phenoxy) is 1. The van der Waals surface area contributed by atoms with Crippen LogP contribution in [0.1, 0.15) is 19.3 Å². The molecule has 1 aromatic heterocycles. The van der Waals surface area contributed by atoms with Gasteiger partial charge in [-0.15, -0.1) is 0 Å². The highest BCUT2D eigenvalue weighted by Crippen LogP contribution is 2.25. The van der Waals surface area contributed by atoms with Crippen molar-refractivity contribution < 1.29 is 4.74 Å². The zero-order valence-corrected chi connectivity index (χ0v) is 11.2. The lowest BCUT2D eigenvalue weighted by atomic mass is 10.1. The largest absolute Gasteiger partial charge is 0.475 e. The summed E-state index contributed by atoms with van der Waals surface area (Å²) in [6, 6.07) is 2.22. The number of piperidine rings is 1. The van der Waals surface area contributed by atoms with Crippen molar-refractivity contribution in [2.24, 2.45) is 0 Å². The van der Waals surface area contributed by atoms with Gasteiger partial charge in [0.25, 0.3) is 0 Å². The Morgan fingerprint density at radius 1 is 1.56 bits per heavy atom. The lowest BCUT2D eigenvalue weighted by Crippen LogP contribution is -2.38. The first-order valence-corrected chi connectivity index (χ1v) is 6.60. The van der Waals surface area contributed by atoms with Crippen LogP contribution in [0.4, 0.5) is 0 Å². The van der Waals surface area contributed by atoms with Gasteiger partial charge >= 0.3 is 0 Å². The van der Waals surface area contributed by atoms with Gasteiger partial charge in [-0.2, -0.15) is 0 Å². The van der Waals surface area contributed by atoms with Gasteiger partial charge in [0.1, 0.15) is 11.6 Å². The van der Waals surface area contributed by atoms with Gasteiger partial charge in [-0.1, -0.05) is 18.0 Å². The second-order valence-electron chi connectivity index (χ2n) is 3.90. The van der Waals surface area contributed by atoms with Gasteiger partial charge in [0.05, 0.1) is 0 Å². The fourth-order valence-electron chi connectivity index (χ4n) is 1.75. The van der Waals surface area contributed by atoms with Gasteiger partial charge in [-0.25, -0.2) is 4.98 Å². The molecule has 1 saturated heterocycles. The number of hydrogen-bond acceptors (Lipinski definition) is 3. The van der Waals surface area contributed by atoms with Crippen molar-refractivity contribution in [2.75, 3.05) is 13.2 Å². The van der Waals surface area contributed by atoms with Gasteiger partial charge in [0, 0.05) is 16.7 Å². The minimum atomic E-state index is 0.426. The van der Waals surface area contributed by atoms with E-state index >= 15 is 0 Å². The van der Waals surface area contributed by atoms with Gasteiger partial charge in [0.15, 0.2) is 0 Å². The minimum absolute atomic E-state index is 0.426. The Labute approximate surface area is 109 Å². The van der Waals surface area contributed by atoms with Crippen LogP contribution in [-0.2, 0) is 0 Å². The Hall–Kier alpha value is -0.320. The van der Waals surface area contributed by atoms with Gasteiger partial charge in [-0.05, 0) is 41.4 Å². The number of halogens is 2. The Balaban J connectivity index is 1.88. The Morgan fingerprint density at radius 3 is 3.12 bits per heavy atom. The maximum absolute atomic E-state index is 6.01. The van der Waals surface area contributed by atoms with Gasteiger partial charge in [-0.3, -0.25) is 0 Å². The van der Waals surface area contributed by atoms with Crippen LogP contribution >= 0.6 is 27.5 Å². The van der Waals surface area contributed by atoms with Crippen LogP contribution in [0.25, 0.3) is 0 Å². The van der Waals surface area contributed by atoms with Crippen molar-refractivity contribution in [3.8, 4) is 5.88 Å². The molecule has 0 radical (unpaired) electrons. The summed E-state index contributed by atoms with van der Waals surface area (Å²) >= 11 is 9.32. The lowest BCUT2D eigenvalue weighted by molar-refractivity contribution is 0.232. The topological polar surface area (TPSA) is 34.1 Å². The predicted octanol–water partition coefficient (Wildman–Crippen LogP) is 3.02. The molecule has 0 amide bonds. The maximum Gasteiger partial charge on any atom is 0.232 e. The molecule has 1 unspecified atom stereocenters. The average molecular weight is 306 g/mol. The van der Waals surface area contributed by atoms with E-state index in [2.05, 4.69) is 26.2 Å². The van der Waals surface area contributed by atoms with Crippen LogP contribution in [-0.4, -0.2) is 24.2 Å². The summed E-state index contributed by atoms with van der Waals surface area (Å²) in [5, 5.41) is 3.96. The third kappa shape index (κ3) is 3.34. The molecule has 0 bridgehead atoms. The van der Waals surface area contributed by atoms with Crippen LogP contribution in [0.3, 0.4) is 0 Å². The fraction of sp³-hybridized carbons (Fsp3) is 0.545. The van der Waals surface area contributed by atoms with Gasteiger partial charge < -0.3 is 10.1 Å². The van der Waals surface area contributed by atoms with Crippen molar-refractivity contribution in [3.05, 3.63) is 21.8 Å². The van der Waals surface area contributed by atoms with Crippen LogP contribution in [0, 0.1) is 0 Å². The molecule has 1 aromatic rings. The van der Waals surface area contributed by atoms with Crippen LogP contribution in [0.2, 0.25) is 5.02 Å². The van der Waals surface area contributed by atoms with E-state index in [9.17, 15) is 0 Å². The van der Waals surface area contributed by atoms with Crippen LogP contribution < -0.4 is 10.1 Å². The summed E-state index contributed by atoms with van der Waals surface area (Å²) < 4.78 is 6.47. The first-order chi connectivity index (χ1) is 7.75. The predicted molar refractivity (Wildman–Crippen MR) is 68.1 cm³/mol. The summed E-state index contributed by atoms with van der Waals surface area (Å²) in [5.74, 6) is 0.511. The molecule has 2 heterocycles. The summed E-state index contributed by atoms with van der Waals surface area (Å²) in [5.41, 5.74) is 0. The van der Waals surface area contributed by atoms with E-state index < -0.39 is 0 Å². The Kier molecular flexibility index (Phi) is 4.44. The molecule has 1 fully saturated rings. The summed E-state index contributed by atoms with van der Waals surface area (Å²) in [7, 11) is 0. The van der Waals surface area contributed by atoms with E-state index in [1.807, 2.05) is 0 Å². The molecular weight excluding hydrogens is 291 g/mol. The van der Waals surface area contributed by atoms with Crippen LogP contribution in [0.15, 0.2) is 16.7 Å². The zero-order chi connectivity index (χ0) is 11.4. The fourth-order valence-corrected chi connectivity index (χ4v) is 2.44. The second kappa shape index (κ2) is 5.84. The van der Waals surface area contributed by atoms with Crippen molar-refractivity contribution in [1.82, 2.24) is 10.3 Å². The standard InChI is InChI=1S/C11H14BrClN2O/c12-8-5-10(13)11(15-6-8)16-7-9-3-1-2-4-14-9/h5-6,9,14H,1-4,7H2. The minimum Gasteiger partial charge on any atom is -0.475 e. The molecule has 1 aliphatic rings. The van der Waals surface area contributed by atoms with E-state index in [1.54, 1.807) is 12.3 Å². The molecule has 0 aliphatic carbocycles.